The van der Waals surface area contributed by atoms with E-state index in [1.807, 2.05) is 31.5 Å². The van der Waals surface area contributed by atoms with Crippen LogP contribution in [-0.2, 0) is 43.3 Å². The number of pyridine rings is 1. The molecule has 0 spiro atoms. The number of aromatic nitrogens is 3. The van der Waals surface area contributed by atoms with Crippen LogP contribution in [0, 0.1) is 11.3 Å². The summed E-state index contributed by atoms with van der Waals surface area (Å²) in [6.07, 6.45) is 8.13. The van der Waals surface area contributed by atoms with Gasteiger partial charge in [-0.3, -0.25) is 29.2 Å². The molecule has 5 amide bonds. The van der Waals surface area contributed by atoms with Crippen molar-refractivity contribution in [2.45, 2.75) is 123 Å². The number of rotatable bonds is 10. The number of nitrogens with zero attached hydrogens (tertiary/aromatic N) is 7. The number of nitrogens with one attached hydrogen (secondary N) is 2. The monoisotopic (exact) mass is 885 g/mol. The highest BCUT2D eigenvalue weighted by molar-refractivity contribution is 7.10. The van der Waals surface area contributed by atoms with E-state index in [4.69, 9.17) is 9.72 Å². The molecule has 0 radical (unpaired) electrons. The molecule has 1 aliphatic carbocycles. The second-order valence-electron chi connectivity index (χ2n) is 18.7. The molecular weight excluding hydrogens is 819 g/mol. The van der Waals surface area contributed by atoms with Crippen LogP contribution in [-0.4, -0.2) is 128 Å². The number of esters is 1. The van der Waals surface area contributed by atoms with E-state index < -0.39 is 41.3 Å². The Morgan fingerprint density at radius 2 is 1.86 bits per heavy atom. The third kappa shape index (κ3) is 9.76. The molecule has 2 aliphatic heterocycles. The van der Waals surface area contributed by atoms with E-state index in [0.29, 0.717) is 37.2 Å². The van der Waals surface area contributed by atoms with Crippen LogP contribution in [0.25, 0.3) is 33.4 Å². The summed E-state index contributed by atoms with van der Waals surface area (Å²) in [5.74, 6) is -1.72. The van der Waals surface area contributed by atoms with Gasteiger partial charge in [0.15, 0.2) is 0 Å². The Morgan fingerprint density at radius 3 is 2.56 bits per heavy atom. The number of urea groups is 1. The molecular formula is C47H67N9O6S. The number of cyclic esters (lactones) is 1. The summed E-state index contributed by atoms with van der Waals surface area (Å²) in [4.78, 5) is 82.9. The molecule has 16 heteroatoms. The van der Waals surface area contributed by atoms with Gasteiger partial charge in [0, 0.05) is 95.6 Å². The van der Waals surface area contributed by atoms with Crippen LogP contribution >= 0.6 is 11.3 Å². The first-order valence-electron chi connectivity index (χ1n) is 22.3. The number of amides is 5. The van der Waals surface area contributed by atoms with Gasteiger partial charge in [-0.25, -0.2) is 15.2 Å². The molecule has 1 saturated heterocycles. The maximum Gasteiger partial charge on any atom is 0.324 e. The molecule has 7 rings (SSSR count). The topological polar surface area (TPSA) is 162 Å². The van der Waals surface area contributed by atoms with Crippen LogP contribution in [0.2, 0.25) is 0 Å². The molecule has 2 N–H and O–H groups in total. The number of hydrogen-bond donors (Lipinski definition) is 2. The maximum absolute atomic E-state index is 14.6. The Bertz CT molecular complexity index is 2360. The summed E-state index contributed by atoms with van der Waals surface area (Å²) in [6, 6.07) is 7.14. The summed E-state index contributed by atoms with van der Waals surface area (Å²) < 4.78 is 8.48. The highest BCUT2D eigenvalue weighted by Gasteiger charge is 2.48. The first-order valence-corrected chi connectivity index (χ1v) is 23.2. The number of fused-ring (bicyclic) bond motifs is 6. The minimum Gasteiger partial charge on any atom is -0.464 e. The minimum absolute atomic E-state index is 0. The Labute approximate surface area is 377 Å². The van der Waals surface area contributed by atoms with Gasteiger partial charge in [0.2, 0.25) is 11.8 Å². The van der Waals surface area contributed by atoms with E-state index in [-0.39, 0.29) is 45.8 Å². The zero-order valence-corrected chi connectivity index (χ0v) is 39.0. The molecule has 3 aliphatic rings. The zero-order chi connectivity index (χ0) is 45.3. The van der Waals surface area contributed by atoms with Crippen LogP contribution in [0.4, 0.5) is 4.79 Å². The average molecular weight is 886 g/mol. The molecule has 4 aromatic rings. The Morgan fingerprint density at radius 1 is 1.10 bits per heavy atom. The molecule has 15 nitrogen and oxygen atoms in total. The predicted molar refractivity (Wildman–Crippen MR) is 248 cm³/mol. The number of carbonyl (C=O) groups is 5. The average Bonchev–Trinajstić information content (AvgIpc) is 3.83. The number of carbonyl (C=O) groups excluding carboxylic acids is 5. The lowest BCUT2D eigenvalue weighted by Gasteiger charge is -2.37. The van der Waals surface area contributed by atoms with Gasteiger partial charge in [-0.1, -0.05) is 47.1 Å². The molecule has 342 valence electrons. The molecule has 1 saturated carbocycles. The van der Waals surface area contributed by atoms with E-state index in [1.165, 1.54) is 28.2 Å². The number of thiazole rings is 1. The fourth-order valence-electron chi connectivity index (χ4n) is 9.18. The van der Waals surface area contributed by atoms with Crippen molar-refractivity contribution >= 4 is 52.0 Å². The van der Waals surface area contributed by atoms with Gasteiger partial charge in [-0.15, -0.1) is 11.3 Å². The largest absolute Gasteiger partial charge is 0.464 e. The highest BCUT2D eigenvalue weighted by Crippen LogP contribution is 2.40. The Kier molecular flexibility index (Phi) is 13.6. The Hall–Kier alpha value is -5.35. The SMILES string of the molecule is CCCCn1c(-c2cccnc2)c2c3cc(ccc31)-c1csc(n1)C[C@H](NC(=O)[C@H](C(C)C)N(C)C(=O)N(C)[C@@H]1C[C@H]1N(C)C(C)=O)C(=O)N1CCC[C@H](N1)C(=O)OCC(C)(C)C2.[HH].[HH]. The quantitative estimate of drug-likeness (QED) is 0.172. The lowest BCUT2D eigenvalue weighted by Crippen LogP contribution is -2.62. The number of aryl methyl sites for hydroxylation is 1. The van der Waals surface area contributed by atoms with Crippen LogP contribution in [0.3, 0.4) is 0 Å². The van der Waals surface area contributed by atoms with Crippen molar-refractivity contribution < 1.29 is 31.6 Å². The fraction of sp³-hybridized carbons (Fsp3) is 0.553. The van der Waals surface area contributed by atoms with E-state index in [0.717, 1.165) is 58.4 Å². The molecule has 63 heavy (non-hydrogen) atoms. The minimum atomic E-state index is -1.07. The highest BCUT2D eigenvalue weighted by atomic mass is 32.1. The van der Waals surface area contributed by atoms with Crippen molar-refractivity contribution in [1.29, 1.82) is 0 Å². The Balaban J connectivity index is 0.00000397. The van der Waals surface area contributed by atoms with E-state index in [9.17, 15) is 24.0 Å². The van der Waals surface area contributed by atoms with Crippen molar-refractivity contribution in [2.24, 2.45) is 11.3 Å². The van der Waals surface area contributed by atoms with Gasteiger partial charge in [0.05, 0.1) is 35.1 Å². The second-order valence-corrected chi connectivity index (χ2v) is 19.6. The second kappa shape index (κ2) is 18.8. The number of likely N-dealkylation sites (N-methyl/N-ethyl adjacent to an activating group) is 3. The lowest BCUT2D eigenvalue weighted by molar-refractivity contribution is -0.155. The van der Waals surface area contributed by atoms with Crippen LogP contribution in [0.15, 0.2) is 48.1 Å². The lowest BCUT2D eigenvalue weighted by atomic mass is 9.84. The van der Waals surface area contributed by atoms with Crippen molar-refractivity contribution in [3.63, 3.8) is 0 Å². The summed E-state index contributed by atoms with van der Waals surface area (Å²) in [6.45, 7) is 12.9. The normalized spacial score (nSPS) is 21.7. The predicted octanol–water partition coefficient (Wildman–Crippen LogP) is 6.39. The number of ether oxygens (including phenoxy) is 1. The third-order valence-corrected chi connectivity index (χ3v) is 13.7. The van der Waals surface area contributed by atoms with E-state index in [2.05, 4.69) is 65.3 Å². The van der Waals surface area contributed by atoms with E-state index in [1.54, 1.807) is 37.1 Å². The van der Waals surface area contributed by atoms with Gasteiger partial charge in [0.25, 0.3) is 5.91 Å². The standard InChI is InChI=1S/C47H63N9O6S.2H2/c1-10-11-19-55-37-17-16-30-21-32(37)33(42(55)31-14-12-18-48-25-31)24-47(5,6)27-62-45(60)34-15-13-20-56(51-34)44(59)35(22-40-49-36(30)26-63-40)50-43(58)41(28(2)3)54(9)46(61)53(8)39-23-38(39)52(7)29(4)57;;/h12,14,16-18,21,25-26,28,34-35,38-39,41,51H,10-11,13,15,19-20,22-24,27H2,1-9H3,(H,50,58);2*1H/t34-,35-,38+,39+,41-;;/m0../s1. The van der Waals surface area contributed by atoms with Gasteiger partial charge >= 0.3 is 12.0 Å². The molecule has 5 atom stereocenters. The maximum atomic E-state index is 14.6. The summed E-state index contributed by atoms with van der Waals surface area (Å²) in [5, 5.41) is 8.18. The summed E-state index contributed by atoms with van der Waals surface area (Å²) in [5.41, 5.74) is 8.74. The van der Waals surface area contributed by atoms with Crippen LogP contribution in [0.1, 0.15) is 87.1 Å². The van der Waals surface area contributed by atoms with Gasteiger partial charge in [-0.2, -0.15) is 0 Å². The van der Waals surface area contributed by atoms with Crippen molar-refractivity contribution in [1.82, 2.24) is 45.0 Å². The molecule has 3 aromatic heterocycles. The number of unbranched alkanes of at least 4 members (excludes halogenated alkanes) is 1. The van der Waals surface area contributed by atoms with Crippen molar-refractivity contribution in [3.8, 4) is 22.5 Å². The molecule has 1 aromatic carbocycles. The smallest absolute Gasteiger partial charge is 0.324 e. The molecule has 5 heterocycles. The first kappa shape index (κ1) is 45.7. The van der Waals surface area contributed by atoms with E-state index >= 15 is 0 Å². The van der Waals surface area contributed by atoms with Crippen molar-refractivity contribution in [2.75, 3.05) is 34.3 Å². The van der Waals surface area contributed by atoms with Crippen LogP contribution < -0.4 is 10.7 Å². The van der Waals surface area contributed by atoms with Gasteiger partial charge in [-0.05, 0) is 67.9 Å². The third-order valence-electron chi connectivity index (χ3n) is 12.8. The zero-order valence-electron chi connectivity index (χ0n) is 38.1. The fourth-order valence-corrected chi connectivity index (χ4v) is 10.0. The number of hydrazine groups is 1. The summed E-state index contributed by atoms with van der Waals surface area (Å²) >= 11 is 1.42. The molecule has 6 bridgehead atoms. The first-order chi connectivity index (χ1) is 30.0. The summed E-state index contributed by atoms with van der Waals surface area (Å²) in [7, 11) is 5.01. The molecule has 2 fully saturated rings. The number of benzene rings is 1. The molecule has 0 unspecified atom stereocenters. The van der Waals surface area contributed by atoms with Crippen LogP contribution in [0.5, 0.6) is 0 Å². The van der Waals surface area contributed by atoms with Gasteiger partial charge < -0.3 is 29.3 Å². The van der Waals surface area contributed by atoms with Crippen molar-refractivity contribution in [3.05, 3.63) is 58.7 Å². The van der Waals surface area contributed by atoms with Gasteiger partial charge in [0.1, 0.15) is 18.1 Å². The number of hydrogen-bond acceptors (Lipinski definition) is 10.